The average molecular weight is 396 g/mol. The second kappa shape index (κ2) is 7.63. The van der Waals surface area contributed by atoms with Crippen LogP contribution in [0.15, 0.2) is 17.1 Å². The van der Waals surface area contributed by atoms with E-state index in [4.69, 9.17) is 9.73 Å². The van der Waals surface area contributed by atoms with Crippen molar-refractivity contribution in [2.24, 2.45) is 22.7 Å². The van der Waals surface area contributed by atoms with E-state index in [-0.39, 0.29) is 11.5 Å². The molecule has 1 aromatic rings. The SMILES string of the molecule is CC(C)Oc1cc(C=NC2CCCCC2)c(O)c(C23CC4CC(CC(C4)C2)C3)c1. The van der Waals surface area contributed by atoms with Gasteiger partial charge >= 0.3 is 0 Å². The van der Waals surface area contributed by atoms with Crippen LogP contribution in [0.25, 0.3) is 0 Å². The molecule has 0 saturated heterocycles. The third kappa shape index (κ3) is 3.82. The minimum Gasteiger partial charge on any atom is -0.507 e. The van der Waals surface area contributed by atoms with E-state index in [1.54, 1.807) is 0 Å². The molecule has 0 spiro atoms. The van der Waals surface area contributed by atoms with Crippen molar-refractivity contribution in [3.63, 3.8) is 0 Å². The Hall–Kier alpha value is -1.51. The van der Waals surface area contributed by atoms with Crippen LogP contribution < -0.4 is 4.74 Å². The molecule has 0 heterocycles. The van der Waals surface area contributed by atoms with Gasteiger partial charge in [0.15, 0.2) is 0 Å². The van der Waals surface area contributed by atoms with Gasteiger partial charge in [-0.25, -0.2) is 0 Å². The van der Waals surface area contributed by atoms with Gasteiger partial charge in [0.05, 0.1) is 6.10 Å². The van der Waals surface area contributed by atoms with Crippen LogP contribution in [0.1, 0.15) is 95.6 Å². The highest BCUT2D eigenvalue weighted by Crippen LogP contribution is 2.62. The summed E-state index contributed by atoms with van der Waals surface area (Å²) >= 11 is 0. The van der Waals surface area contributed by atoms with E-state index in [0.717, 1.165) is 34.6 Å². The minimum absolute atomic E-state index is 0.131. The first kappa shape index (κ1) is 19.5. The molecule has 5 saturated carbocycles. The molecule has 158 valence electrons. The van der Waals surface area contributed by atoms with Crippen molar-refractivity contribution >= 4 is 6.21 Å². The van der Waals surface area contributed by atoms with Crippen molar-refractivity contribution in [2.75, 3.05) is 0 Å². The molecule has 3 nitrogen and oxygen atoms in total. The Morgan fingerprint density at radius 1 is 1.00 bits per heavy atom. The second-order valence-corrected chi connectivity index (χ2v) is 10.8. The molecule has 1 N–H and O–H groups in total. The molecule has 0 aliphatic heterocycles. The van der Waals surface area contributed by atoms with E-state index < -0.39 is 0 Å². The lowest BCUT2D eigenvalue weighted by Gasteiger charge is -2.57. The second-order valence-electron chi connectivity index (χ2n) is 10.8. The largest absolute Gasteiger partial charge is 0.507 e. The maximum atomic E-state index is 11.4. The van der Waals surface area contributed by atoms with Gasteiger partial charge in [0.2, 0.25) is 0 Å². The summed E-state index contributed by atoms with van der Waals surface area (Å²) < 4.78 is 6.13. The fraction of sp³-hybridized carbons (Fsp3) is 0.731. The van der Waals surface area contributed by atoms with Crippen LogP contribution in [-0.2, 0) is 5.41 Å². The van der Waals surface area contributed by atoms with Gasteiger partial charge in [0.25, 0.3) is 0 Å². The fourth-order valence-electron chi connectivity index (χ4n) is 7.33. The van der Waals surface area contributed by atoms with Crippen molar-refractivity contribution < 1.29 is 9.84 Å². The quantitative estimate of drug-likeness (QED) is 0.586. The molecule has 6 rings (SSSR count). The van der Waals surface area contributed by atoms with E-state index >= 15 is 0 Å². The van der Waals surface area contributed by atoms with Crippen LogP contribution in [-0.4, -0.2) is 23.5 Å². The van der Waals surface area contributed by atoms with Crippen LogP contribution in [0.4, 0.5) is 0 Å². The number of nitrogens with zero attached hydrogens (tertiary/aromatic N) is 1. The molecular formula is C26H37NO2. The third-order valence-corrected chi connectivity index (χ3v) is 8.09. The number of ether oxygens (including phenoxy) is 1. The normalized spacial score (nSPS) is 34.4. The Kier molecular flexibility index (Phi) is 5.12. The number of hydrogen-bond donors (Lipinski definition) is 1. The number of phenolic OH excluding ortho intramolecular Hbond substituents is 1. The number of rotatable bonds is 5. The zero-order valence-electron chi connectivity index (χ0n) is 18.2. The summed E-state index contributed by atoms with van der Waals surface area (Å²) in [4.78, 5) is 4.88. The Labute approximate surface area is 176 Å². The standard InChI is InChI=1S/C26H37NO2/c1-17(2)29-23-11-21(16-27-22-6-4-3-5-7-22)25(28)24(12-23)26-13-18-8-19(14-26)10-20(9-18)15-26/h11-12,16-20,22,28H,3-10,13-15H2,1-2H3. The first-order chi connectivity index (χ1) is 14.0. The van der Waals surface area contributed by atoms with Gasteiger partial charge in [-0.3, -0.25) is 4.99 Å². The van der Waals surface area contributed by atoms with Crippen molar-refractivity contribution in [3.05, 3.63) is 23.3 Å². The van der Waals surface area contributed by atoms with Gasteiger partial charge in [-0.15, -0.1) is 0 Å². The van der Waals surface area contributed by atoms with Crippen LogP contribution in [0.5, 0.6) is 11.5 Å². The molecule has 0 aromatic heterocycles. The number of hydrogen-bond acceptors (Lipinski definition) is 3. The lowest BCUT2D eigenvalue weighted by atomic mass is 9.48. The van der Waals surface area contributed by atoms with Gasteiger partial charge in [0.1, 0.15) is 11.5 Å². The van der Waals surface area contributed by atoms with Crippen molar-refractivity contribution in [1.82, 2.24) is 0 Å². The monoisotopic (exact) mass is 395 g/mol. The molecule has 0 amide bonds. The van der Waals surface area contributed by atoms with E-state index in [2.05, 4.69) is 19.9 Å². The molecule has 0 radical (unpaired) electrons. The van der Waals surface area contributed by atoms with Crippen molar-refractivity contribution in [3.8, 4) is 11.5 Å². The Morgan fingerprint density at radius 2 is 1.62 bits per heavy atom. The summed E-state index contributed by atoms with van der Waals surface area (Å²) in [5.41, 5.74) is 2.17. The molecular weight excluding hydrogens is 358 g/mol. The van der Waals surface area contributed by atoms with Crippen LogP contribution >= 0.6 is 0 Å². The Balaban J connectivity index is 1.51. The molecule has 5 fully saturated rings. The predicted molar refractivity (Wildman–Crippen MR) is 118 cm³/mol. The number of phenols is 1. The fourth-order valence-corrected chi connectivity index (χ4v) is 7.33. The summed E-state index contributed by atoms with van der Waals surface area (Å²) in [6.07, 6.45) is 16.3. The number of benzene rings is 1. The Morgan fingerprint density at radius 3 is 2.21 bits per heavy atom. The van der Waals surface area contributed by atoms with Gasteiger partial charge in [-0.05, 0) is 101 Å². The summed E-state index contributed by atoms with van der Waals surface area (Å²) in [6, 6.07) is 4.59. The molecule has 0 unspecified atom stereocenters. The smallest absolute Gasteiger partial charge is 0.128 e. The van der Waals surface area contributed by atoms with E-state index in [9.17, 15) is 5.11 Å². The lowest BCUT2D eigenvalue weighted by molar-refractivity contribution is -0.00627. The first-order valence-corrected chi connectivity index (χ1v) is 12.1. The third-order valence-electron chi connectivity index (χ3n) is 8.09. The lowest BCUT2D eigenvalue weighted by Crippen LogP contribution is -2.48. The van der Waals surface area contributed by atoms with Crippen LogP contribution in [0.3, 0.4) is 0 Å². The van der Waals surface area contributed by atoms with E-state index in [1.165, 1.54) is 70.6 Å². The highest BCUT2D eigenvalue weighted by Gasteiger charge is 2.52. The molecule has 0 atom stereocenters. The van der Waals surface area contributed by atoms with Gasteiger partial charge in [-0.1, -0.05) is 19.3 Å². The van der Waals surface area contributed by atoms with Crippen molar-refractivity contribution in [1.29, 1.82) is 0 Å². The average Bonchev–Trinajstić information content (AvgIpc) is 2.67. The minimum atomic E-state index is 0.131. The number of aromatic hydroxyl groups is 1. The number of aliphatic imine (C=N–C) groups is 1. The van der Waals surface area contributed by atoms with Crippen LogP contribution in [0.2, 0.25) is 0 Å². The predicted octanol–water partition coefficient (Wildman–Crippen LogP) is 6.40. The van der Waals surface area contributed by atoms with Gasteiger partial charge in [-0.2, -0.15) is 0 Å². The zero-order chi connectivity index (χ0) is 20.0. The Bertz CT molecular complexity index is 740. The maximum absolute atomic E-state index is 11.4. The summed E-state index contributed by atoms with van der Waals surface area (Å²) in [6.45, 7) is 4.15. The van der Waals surface area contributed by atoms with Crippen LogP contribution in [0, 0.1) is 17.8 Å². The first-order valence-electron chi connectivity index (χ1n) is 12.1. The summed E-state index contributed by atoms with van der Waals surface area (Å²) in [5.74, 6) is 3.94. The zero-order valence-corrected chi connectivity index (χ0v) is 18.2. The highest BCUT2D eigenvalue weighted by atomic mass is 16.5. The van der Waals surface area contributed by atoms with Gasteiger partial charge in [0, 0.05) is 23.4 Å². The van der Waals surface area contributed by atoms with Crippen molar-refractivity contribution in [2.45, 2.75) is 102 Å². The molecule has 3 heteroatoms. The highest BCUT2D eigenvalue weighted by molar-refractivity contribution is 5.85. The topological polar surface area (TPSA) is 41.8 Å². The molecule has 1 aromatic carbocycles. The molecule has 5 aliphatic carbocycles. The summed E-state index contributed by atoms with van der Waals surface area (Å²) in [7, 11) is 0. The maximum Gasteiger partial charge on any atom is 0.128 e. The summed E-state index contributed by atoms with van der Waals surface area (Å²) in [5, 5.41) is 11.4. The molecule has 5 aliphatic rings. The van der Waals surface area contributed by atoms with E-state index in [1.807, 2.05) is 12.3 Å². The molecule has 4 bridgehead atoms. The van der Waals surface area contributed by atoms with Gasteiger partial charge < -0.3 is 9.84 Å². The van der Waals surface area contributed by atoms with E-state index in [0.29, 0.717) is 11.8 Å². The molecule has 29 heavy (non-hydrogen) atoms.